The summed E-state index contributed by atoms with van der Waals surface area (Å²) in [5, 5.41) is 22.0. The molecule has 0 aliphatic heterocycles. The molecule has 6 nitrogen and oxygen atoms in total. The Labute approximate surface area is 144 Å². The summed E-state index contributed by atoms with van der Waals surface area (Å²) < 4.78 is 6.54. The number of carboxylic acid groups (broad SMARTS) is 1. The highest BCUT2D eigenvalue weighted by molar-refractivity contribution is 9.10. The van der Waals surface area contributed by atoms with Gasteiger partial charge in [-0.25, -0.2) is 4.79 Å². The van der Waals surface area contributed by atoms with E-state index in [1.165, 1.54) is 0 Å². The van der Waals surface area contributed by atoms with Crippen LogP contribution >= 0.6 is 15.9 Å². The molecule has 0 unspecified atom stereocenters. The Hall–Kier alpha value is -2.93. The monoisotopic (exact) mass is 387 g/mol. The standard InChI is InChI=1S/C17H10BrNO5/c18-12-3-1-11-8-14(5-2-10(11)7-12)24-16-9-13(19(22)23)4-6-15(16)17(20)21/h1-9H,(H,20,21). The van der Waals surface area contributed by atoms with E-state index in [1.807, 2.05) is 24.3 Å². The number of carboxylic acids is 1. The van der Waals surface area contributed by atoms with Crippen molar-refractivity contribution in [2.45, 2.75) is 0 Å². The number of nitrogens with zero attached hydrogens (tertiary/aromatic N) is 1. The fraction of sp³-hybridized carbons (Fsp3) is 0. The van der Waals surface area contributed by atoms with Crippen molar-refractivity contribution < 1.29 is 19.6 Å². The van der Waals surface area contributed by atoms with E-state index in [-0.39, 0.29) is 17.0 Å². The maximum atomic E-state index is 11.3. The van der Waals surface area contributed by atoms with Crippen LogP contribution in [0.2, 0.25) is 0 Å². The number of ether oxygens (including phenoxy) is 1. The zero-order valence-corrected chi connectivity index (χ0v) is 13.7. The lowest BCUT2D eigenvalue weighted by molar-refractivity contribution is -0.384. The van der Waals surface area contributed by atoms with Crippen LogP contribution in [0.25, 0.3) is 10.8 Å². The highest BCUT2D eigenvalue weighted by Crippen LogP contribution is 2.31. The molecule has 120 valence electrons. The van der Waals surface area contributed by atoms with Gasteiger partial charge in [0.05, 0.1) is 11.0 Å². The predicted octanol–water partition coefficient (Wildman–Crippen LogP) is 5.00. The van der Waals surface area contributed by atoms with Crippen molar-refractivity contribution in [3.8, 4) is 11.5 Å². The molecule has 0 aliphatic carbocycles. The van der Waals surface area contributed by atoms with E-state index in [0.717, 1.165) is 33.4 Å². The number of carbonyl (C=O) groups is 1. The van der Waals surface area contributed by atoms with E-state index in [2.05, 4.69) is 15.9 Å². The Morgan fingerprint density at radius 1 is 1.04 bits per heavy atom. The molecule has 3 aromatic rings. The van der Waals surface area contributed by atoms with Gasteiger partial charge in [-0.2, -0.15) is 0 Å². The highest BCUT2D eigenvalue weighted by Gasteiger charge is 2.17. The normalized spacial score (nSPS) is 10.5. The van der Waals surface area contributed by atoms with Gasteiger partial charge >= 0.3 is 5.97 Å². The second-order valence-electron chi connectivity index (χ2n) is 5.00. The van der Waals surface area contributed by atoms with Crippen LogP contribution in [-0.2, 0) is 0 Å². The molecule has 0 aromatic heterocycles. The number of non-ortho nitro benzene ring substituents is 1. The zero-order chi connectivity index (χ0) is 17.3. The van der Waals surface area contributed by atoms with E-state index in [9.17, 15) is 20.0 Å². The molecule has 7 heteroatoms. The molecule has 3 rings (SSSR count). The predicted molar refractivity (Wildman–Crippen MR) is 91.8 cm³/mol. The maximum Gasteiger partial charge on any atom is 0.339 e. The van der Waals surface area contributed by atoms with Crippen molar-refractivity contribution in [3.63, 3.8) is 0 Å². The number of nitro groups is 1. The second-order valence-corrected chi connectivity index (χ2v) is 5.91. The first kappa shape index (κ1) is 15.9. The van der Waals surface area contributed by atoms with Crippen molar-refractivity contribution >= 4 is 38.4 Å². The molecule has 1 N–H and O–H groups in total. The Bertz CT molecular complexity index is 970. The lowest BCUT2D eigenvalue weighted by atomic mass is 10.1. The van der Waals surface area contributed by atoms with Gasteiger partial charge in [0.15, 0.2) is 0 Å². The SMILES string of the molecule is O=C(O)c1ccc([N+](=O)[O-])cc1Oc1ccc2cc(Br)ccc2c1. The van der Waals surface area contributed by atoms with Crippen molar-refractivity contribution in [2.75, 3.05) is 0 Å². The van der Waals surface area contributed by atoms with Gasteiger partial charge in [-0.1, -0.05) is 28.1 Å². The summed E-state index contributed by atoms with van der Waals surface area (Å²) in [6, 6.07) is 14.4. The van der Waals surface area contributed by atoms with Crippen LogP contribution in [0.3, 0.4) is 0 Å². The number of aromatic carboxylic acids is 1. The molecule has 3 aromatic carbocycles. The minimum atomic E-state index is -1.22. The Balaban J connectivity index is 2.03. The molecule has 0 heterocycles. The largest absolute Gasteiger partial charge is 0.478 e. The Kier molecular flexibility index (Phi) is 4.18. The van der Waals surface area contributed by atoms with Gasteiger partial charge < -0.3 is 9.84 Å². The van der Waals surface area contributed by atoms with Gasteiger partial charge in [-0.05, 0) is 41.1 Å². The molecule has 0 amide bonds. The van der Waals surface area contributed by atoms with E-state index in [4.69, 9.17) is 4.74 Å². The first-order valence-corrected chi connectivity index (χ1v) is 7.62. The molecule has 0 spiro atoms. The summed E-state index contributed by atoms with van der Waals surface area (Å²) >= 11 is 3.39. The molecule has 0 aliphatic rings. The van der Waals surface area contributed by atoms with Crippen LogP contribution in [-0.4, -0.2) is 16.0 Å². The van der Waals surface area contributed by atoms with E-state index in [0.29, 0.717) is 5.75 Å². The number of fused-ring (bicyclic) bond motifs is 1. The smallest absolute Gasteiger partial charge is 0.339 e. The third-order valence-electron chi connectivity index (χ3n) is 3.41. The fourth-order valence-electron chi connectivity index (χ4n) is 2.27. The number of nitro benzene ring substituents is 1. The van der Waals surface area contributed by atoms with Crippen molar-refractivity contribution in [1.82, 2.24) is 0 Å². The molecule has 0 saturated heterocycles. The van der Waals surface area contributed by atoms with Crippen LogP contribution in [0.5, 0.6) is 11.5 Å². The Morgan fingerprint density at radius 3 is 2.46 bits per heavy atom. The van der Waals surface area contributed by atoms with E-state index >= 15 is 0 Å². The fourth-order valence-corrected chi connectivity index (χ4v) is 2.65. The quantitative estimate of drug-likeness (QED) is 0.502. The van der Waals surface area contributed by atoms with Gasteiger partial charge in [0.25, 0.3) is 5.69 Å². The molecule has 0 fully saturated rings. The molecule has 0 bridgehead atoms. The lowest BCUT2D eigenvalue weighted by Gasteiger charge is -2.09. The lowest BCUT2D eigenvalue weighted by Crippen LogP contribution is -2.01. The number of halogens is 1. The highest BCUT2D eigenvalue weighted by atomic mass is 79.9. The van der Waals surface area contributed by atoms with Crippen molar-refractivity contribution in [1.29, 1.82) is 0 Å². The summed E-state index contributed by atoms with van der Waals surface area (Å²) in [7, 11) is 0. The minimum absolute atomic E-state index is 0.0758. The molecule has 0 radical (unpaired) electrons. The third kappa shape index (κ3) is 3.21. The summed E-state index contributed by atoms with van der Waals surface area (Å²) in [5.41, 5.74) is -0.378. The topological polar surface area (TPSA) is 89.7 Å². The van der Waals surface area contributed by atoms with Gasteiger partial charge in [0.2, 0.25) is 0 Å². The van der Waals surface area contributed by atoms with Gasteiger partial charge in [-0.3, -0.25) is 10.1 Å². The van der Waals surface area contributed by atoms with Crippen LogP contribution in [0.15, 0.2) is 59.1 Å². The molecule has 0 saturated carbocycles. The summed E-state index contributed by atoms with van der Waals surface area (Å²) in [5.74, 6) is -0.898. The molecular weight excluding hydrogens is 378 g/mol. The Morgan fingerprint density at radius 2 is 1.75 bits per heavy atom. The average molecular weight is 388 g/mol. The molecular formula is C17H10BrNO5. The maximum absolute atomic E-state index is 11.3. The van der Waals surface area contributed by atoms with E-state index in [1.54, 1.807) is 12.1 Å². The minimum Gasteiger partial charge on any atom is -0.478 e. The van der Waals surface area contributed by atoms with Crippen molar-refractivity contribution in [2.24, 2.45) is 0 Å². The van der Waals surface area contributed by atoms with Gasteiger partial charge in [0.1, 0.15) is 17.1 Å². The molecule has 0 atom stereocenters. The van der Waals surface area contributed by atoms with Crippen LogP contribution in [0.4, 0.5) is 5.69 Å². The summed E-state index contributed by atoms with van der Waals surface area (Å²) in [6.45, 7) is 0. The summed E-state index contributed by atoms with van der Waals surface area (Å²) in [4.78, 5) is 21.6. The van der Waals surface area contributed by atoms with Crippen LogP contribution < -0.4 is 4.74 Å². The average Bonchev–Trinajstić information content (AvgIpc) is 2.54. The summed E-state index contributed by atoms with van der Waals surface area (Å²) in [6.07, 6.45) is 0. The van der Waals surface area contributed by atoms with E-state index < -0.39 is 10.9 Å². The first-order chi connectivity index (χ1) is 11.4. The number of hydrogen-bond acceptors (Lipinski definition) is 4. The van der Waals surface area contributed by atoms with Crippen LogP contribution in [0, 0.1) is 10.1 Å². The van der Waals surface area contributed by atoms with Gasteiger partial charge in [0, 0.05) is 10.5 Å². The number of rotatable bonds is 4. The number of hydrogen-bond donors (Lipinski definition) is 1. The zero-order valence-electron chi connectivity index (χ0n) is 12.1. The second kappa shape index (κ2) is 6.29. The third-order valence-corrected chi connectivity index (χ3v) is 3.90. The molecule has 24 heavy (non-hydrogen) atoms. The van der Waals surface area contributed by atoms with Crippen LogP contribution in [0.1, 0.15) is 10.4 Å². The van der Waals surface area contributed by atoms with Crippen molar-refractivity contribution in [3.05, 3.63) is 74.7 Å². The first-order valence-electron chi connectivity index (χ1n) is 6.83. The van der Waals surface area contributed by atoms with Gasteiger partial charge in [-0.15, -0.1) is 0 Å². The number of benzene rings is 3.